The van der Waals surface area contributed by atoms with Crippen LogP contribution in [0.25, 0.3) is 49.7 Å². The Hall–Kier alpha value is -3.62. The first-order valence-corrected chi connectivity index (χ1v) is 12.5. The van der Waals surface area contributed by atoms with Crippen LogP contribution < -0.4 is 0 Å². The maximum atomic E-state index is 3.73. The first-order chi connectivity index (χ1) is 16.8. The average molecular weight is 504 g/mol. The summed E-state index contributed by atoms with van der Waals surface area (Å²) in [6.07, 6.45) is 0. The Morgan fingerprint density at radius 3 is 1.79 bits per heavy atom. The maximum absolute atomic E-state index is 3.73. The molecule has 0 fully saturated rings. The molecule has 0 bridgehead atoms. The van der Waals surface area contributed by atoms with Gasteiger partial charge in [0.15, 0.2) is 0 Å². The van der Waals surface area contributed by atoms with Crippen molar-refractivity contribution in [1.29, 1.82) is 0 Å². The van der Waals surface area contributed by atoms with Crippen molar-refractivity contribution in [3.05, 3.63) is 126 Å². The Kier molecular flexibility index (Phi) is 6.33. The van der Waals surface area contributed by atoms with Crippen LogP contribution in [0.5, 0.6) is 0 Å². The number of rotatable bonds is 3. The van der Waals surface area contributed by atoms with Gasteiger partial charge >= 0.3 is 0 Å². The van der Waals surface area contributed by atoms with Crippen molar-refractivity contribution in [2.45, 2.75) is 13.8 Å². The second kappa shape index (κ2) is 9.70. The molecular formula is C32H26BrN. The highest BCUT2D eigenvalue weighted by Crippen LogP contribution is 2.36. The molecule has 0 radical (unpaired) electrons. The Balaban J connectivity index is 0.00000117. The van der Waals surface area contributed by atoms with E-state index in [4.69, 9.17) is 0 Å². The fourth-order valence-corrected chi connectivity index (χ4v) is 5.05. The van der Waals surface area contributed by atoms with Crippen molar-refractivity contribution in [2.24, 2.45) is 0 Å². The van der Waals surface area contributed by atoms with E-state index in [1.807, 2.05) is 13.8 Å². The summed E-state index contributed by atoms with van der Waals surface area (Å²) in [6.45, 7) is 4.00. The SMILES string of the molecule is Brc1cc(-c2ccccc2)cc(-c2ccc3c(c2)c2ccccc2n3-c2ccccc2)c1.CC. The zero-order valence-corrected chi connectivity index (χ0v) is 21.0. The monoisotopic (exact) mass is 503 g/mol. The van der Waals surface area contributed by atoms with Gasteiger partial charge in [0.05, 0.1) is 11.0 Å². The Bertz CT molecular complexity index is 1560. The van der Waals surface area contributed by atoms with E-state index < -0.39 is 0 Å². The molecule has 0 N–H and O–H groups in total. The number of hydrogen-bond donors (Lipinski definition) is 0. The van der Waals surface area contributed by atoms with E-state index in [2.05, 4.69) is 142 Å². The van der Waals surface area contributed by atoms with Gasteiger partial charge in [-0.25, -0.2) is 0 Å². The fraction of sp³-hybridized carbons (Fsp3) is 0.0625. The largest absolute Gasteiger partial charge is 0.309 e. The molecule has 0 spiro atoms. The fourth-order valence-electron chi connectivity index (χ4n) is 4.56. The number of aromatic nitrogens is 1. The highest BCUT2D eigenvalue weighted by atomic mass is 79.9. The summed E-state index contributed by atoms with van der Waals surface area (Å²) in [5.41, 5.74) is 8.48. The van der Waals surface area contributed by atoms with Gasteiger partial charge in [0.2, 0.25) is 0 Å². The summed E-state index contributed by atoms with van der Waals surface area (Å²) >= 11 is 3.73. The van der Waals surface area contributed by atoms with E-state index in [1.54, 1.807) is 0 Å². The molecule has 6 rings (SSSR count). The number of halogens is 1. The molecule has 5 aromatic carbocycles. The minimum absolute atomic E-state index is 1.08. The zero-order valence-electron chi connectivity index (χ0n) is 19.4. The molecule has 0 aliphatic heterocycles. The lowest BCUT2D eigenvalue weighted by atomic mass is 9.98. The maximum Gasteiger partial charge on any atom is 0.0541 e. The average Bonchev–Trinajstić information content (AvgIpc) is 3.24. The van der Waals surface area contributed by atoms with Crippen LogP contribution in [0, 0.1) is 0 Å². The predicted octanol–water partition coefficient (Wildman–Crippen LogP) is 9.91. The molecule has 0 aliphatic carbocycles. The molecule has 6 aromatic rings. The predicted molar refractivity (Wildman–Crippen MR) is 151 cm³/mol. The van der Waals surface area contributed by atoms with Crippen LogP contribution in [-0.4, -0.2) is 4.57 Å². The third-order valence-corrected chi connectivity index (χ3v) is 6.48. The third-order valence-electron chi connectivity index (χ3n) is 6.03. The minimum Gasteiger partial charge on any atom is -0.309 e. The number of para-hydroxylation sites is 2. The molecule has 2 heteroatoms. The Labute approximate surface area is 209 Å². The van der Waals surface area contributed by atoms with Gasteiger partial charge in [-0.3, -0.25) is 0 Å². The van der Waals surface area contributed by atoms with E-state index >= 15 is 0 Å². The number of nitrogens with zero attached hydrogens (tertiary/aromatic N) is 1. The molecule has 166 valence electrons. The smallest absolute Gasteiger partial charge is 0.0541 e. The molecule has 1 aromatic heterocycles. The van der Waals surface area contributed by atoms with Crippen LogP contribution >= 0.6 is 15.9 Å². The topological polar surface area (TPSA) is 4.93 Å². The van der Waals surface area contributed by atoms with Gasteiger partial charge in [0, 0.05) is 20.9 Å². The van der Waals surface area contributed by atoms with Crippen LogP contribution in [0.1, 0.15) is 13.8 Å². The van der Waals surface area contributed by atoms with Gasteiger partial charge < -0.3 is 4.57 Å². The molecule has 0 amide bonds. The second-order valence-electron chi connectivity index (χ2n) is 8.01. The van der Waals surface area contributed by atoms with E-state index in [-0.39, 0.29) is 0 Å². The summed E-state index contributed by atoms with van der Waals surface area (Å²) in [4.78, 5) is 0. The van der Waals surface area contributed by atoms with Gasteiger partial charge in [-0.05, 0) is 70.8 Å². The molecule has 34 heavy (non-hydrogen) atoms. The first-order valence-electron chi connectivity index (χ1n) is 11.7. The van der Waals surface area contributed by atoms with Crippen LogP contribution in [0.4, 0.5) is 0 Å². The van der Waals surface area contributed by atoms with Gasteiger partial charge in [-0.15, -0.1) is 0 Å². The lowest BCUT2D eigenvalue weighted by Gasteiger charge is -2.10. The molecule has 1 nitrogen and oxygen atoms in total. The van der Waals surface area contributed by atoms with Gasteiger partial charge in [0.1, 0.15) is 0 Å². The third kappa shape index (κ3) is 4.06. The summed E-state index contributed by atoms with van der Waals surface area (Å²) in [7, 11) is 0. The van der Waals surface area contributed by atoms with Crippen LogP contribution in [0.2, 0.25) is 0 Å². The number of hydrogen-bond acceptors (Lipinski definition) is 0. The molecule has 0 saturated carbocycles. The summed E-state index contributed by atoms with van der Waals surface area (Å²) in [5, 5.41) is 2.54. The van der Waals surface area contributed by atoms with E-state index in [0.29, 0.717) is 0 Å². The Morgan fingerprint density at radius 2 is 1.06 bits per heavy atom. The van der Waals surface area contributed by atoms with Gasteiger partial charge in [-0.1, -0.05) is 103 Å². The van der Waals surface area contributed by atoms with Crippen LogP contribution in [0.15, 0.2) is 126 Å². The Morgan fingerprint density at radius 1 is 0.471 bits per heavy atom. The number of benzene rings is 5. The van der Waals surface area contributed by atoms with Crippen molar-refractivity contribution in [3.8, 4) is 27.9 Å². The van der Waals surface area contributed by atoms with Gasteiger partial charge in [0.25, 0.3) is 0 Å². The standard InChI is InChI=1S/C30H20BrN.C2H6/c31-25-18-23(21-9-3-1-4-10-21)17-24(19-25)22-15-16-30-28(20-22)27-13-7-8-14-29(27)32(30)26-11-5-2-6-12-26;1-2/h1-20H;1-2H3. The van der Waals surface area contributed by atoms with Gasteiger partial charge in [-0.2, -0.15) is 0 Å². The zero-order chi connectivity index (χ0) is 23.5. The first kappa shape index (κ1) is 22.2. The van der Waals surface area contributed by atoms with Crippen molar-refractivity contribution in [2.75, 3.05) is 0 Å². The molecule has 0 saturated heterocycles. The lowest BCUT2D eigenvalue weighted by molar-refractivity contribution is 1.18. The highest BCUT2D eigenvalue weighted by molar-refractivity contribution is 9.10. The highest BCUT2D eigenvalue weighted by Gasteiger charge is 2.13. The molecule has 0 atom stereocenters. The quantitative estimate of drug-likeness (QED) is 0.226. The van der Waals surface area contributed by atoms with Crippen LogP contribution in [-0.2, 0) is 0 Å². The summed E-state index contributed by atoms with van der Waals surface area (Å²) in [6, 6.07) is 43.2. The second-order valence-corrected chi connectivity index (χ2v) is 8.93. The number of fused-ring (bicyclic) bond motifs is 3. The lowest BCUT2D eigenvalue weighted by Crippen LogP contribution is -1.92. The summed E-state index contributed by atoms with van der Waals surface area (Å²) in [5.74, 6) is 0. The van der Waals surface area contributed by atoms with E-state index in [1.165, 1.54) is 49.7 Å². The summed E-state index contributed by atoms with van der Waals surface area (Å²) < 4.78 is 3.44. The van der Waals surface area contributed by atoms with Crippen molar-refractivity contribution in [3.63, 3.8) is 0 Å². The normalized spacial score (nSPS) is 10.8. The molecule has 1 heterocycles. The van der Waals surface area contributed by atoms with Crippen LogP contribution in [0.3, 0.4) is 0 Å². The van der Waals surface area contributed by atoms with E-state index in [0.717, 1.165) is 4.47 Å². The molecule has 0 aliphatic rings. The minimum atomic E-state index is 1.08. The molecular weight excluding hydrogens is 478 g/mol. The van der Waals surface area contributed by atoms with Crippen molar-refractivity contribution in [1.82, 2.24) is 4.57 Å². The molecule has 0 unspecified atom stereocenters. The van der Waals surface area contributed by atoms with Crippen molar-refractivity contribution < 1.29 is 0 Å². The van der Waals surface area contributed by atoms with E-state index in [9.17, 15) is 0 Å². The van der Waals surface area contributed by atoms with Crippen molar-refractivity contribution >= 4 is 37.7 Å².